The summed E-state index contributed by atoms with van der Waals surface area (Å²) in [6, 6.07) is 6.22. The molecule has 0 saturated carbocycles. The first kappa shape index (κ1) is 12.6. The van der Waals surface area contributed by atoms with Crippen LogP contribution < -0.4 is 0 Å². The highest BCUT2D eigenvalue weighted by atomic mass is 14.8. The molecule has 0 saturated heterocycles. The van der Waals surface area contributed by atoms with Crippen molar-refractivity contribution >= 4 is 11.0 Å². The van der Waals surface area contributed by atoms with Gasteiger partial charge < -0.3 is 0 Å². The van der Waals surface area contributed by atoms with E-state index >= 15 is 0 Å². The smallest absolute Gasteiger partial charge is 0.0891 e. The Labute approximate surface area is 108 Å². The van der Waals surface area contributed by atoms with Crippen molar-refractivity contribution in [2.45, 2.75) is 39.0 Å². The summed E-state index contributed by atoms with van der Waals surface area (Å²) >= 11 is 0. The summed E-state index contributed by atoms with van der Waals surface area (Å²) < 4.78 is 0. The summed E-state index contributed by atoms with van der Waals surface area (Å²) in [7, 11) is 0. The summed E-state index contributed by atoms with van der Waals surface area (Å²) in [4.78, 5) is 9.09. The van der Waals surface area contributed by atoms with Crippen LogP contribution >= 0.6 is 0 Å². The standard InChI is InChI=1S/C16H18N2/c1-6-16(4,5)15-10-17-14-9-12(11(2)3)7-8-13(14)18-15/h1,7-11H,2-5H3. The largest absolute Gasteiger partial charge is 0.253 e. The van der Waals surface area contributed by atoms with E-state index in [1.165, 1.54) is 5.56 Å². The van der Waals surface area contributed by atoms with E-state index in [-0.39, 0.29) is 5.41 Å². The minimum atomic E-state index is -0.377. The highest BCUT2D eigenvalue weighted by Gasteiger charge is 2.19. The number of benzene rings is 1. The predicted molar refractivity (Wildman–Crippen MR) is 75.5 cm³/mol. The second kappa shape index (κ2) is 4.42. The van der Waals surface area contributed by atoms with Crippen molar-refractivity contribution in [3.05, 3.63) is 35.7 Å². The first-order valence-electron chi connectivity index (χ1n) is 6.19. The fraction of sp³-hybridized carbons (Fsp3) is 0.375. The van der Waals surface area contributed by atoms with Crippen molar-refractivity contribution in [1.82, 2.24) is 9.97 Å². The molecule has 0 radical (unpaired) electrons. The Morgan fingerprint density at radius 2 is 1.94 bits per heavy atom. The van der Waals surface area contributed by atoms with Gasteiger partial charge in [-0.1, -0.05) is 25.8 Å². The Hall–Kier alpha value is -1.88. The molecule has 92 valence electrons. The van der Waals surface area contributed by atoms with E-state index in [4.69, 9.17) is 6.42 Å². The van der Waals surface area contributed by atoms with Crippen LogP contribution in [0.25, 0.3) is 11.0 Å². The molecule has 1 aromatic heterocycles. The number of rotatable bonds is 2. The average Bonchev–Trinajstić information content (AvgIpc) is 2.37. The molecule has 2 heteroatoms. The number of aromatic nitrogens is 2. The van der Waals surface area contributed by atoms with Crippen LogP contribution in [-0.4, -0.2) is 9.97 Å². The summed E-state index contributed by atoms with van der Waals surface area (Å²) in [5.41, 5.74) is 3.58. The van der Waals surface area contributed by atoms with E-state index in [1.807, 2.05) is 19.9 Å². The van der Waals surface area contributed by atoms with Gasteiger partial charge in [0, 0.05) is 0 Å². The second-order valence-corrected chi connectivity index (χ2v) is 5.43. The summed E-state index contributed by atoms with van der Waals surface area (Å²) in [6.07, 6.45) is 7.31. The van der Waals surface area contributed by atoms with Gasteiger partial charge in [-0.25, -0.2) is 4.98 Å². The molecule has 0 unspecified atom stereocenters. The molecule has 0 aliphatic carbocycles. The lowest BCUT2D eigenvalue weighted by atomic mass is 9.91. The van der Waals surface area contributed by atoms with Gasteiger partial charge in [0.2, 0.25) is 0 Å². The second-order valence-electron chi connectivity index (χ2n) is 5.43. The highest BCUT2D eigenvalue weighted by Crippen LogP contribution is 2.23. The lowest BCUT2D eigenvalue weighted by Crippen LogP contribution is -2.16. The molecular formula is C16H18N2. The Kier molecular flexibility index (Phi) is 3.09. The van der Waals surface area contributed by atoms with Gasteiger partial charge in [0.25, 0.3) is 0 Å². The summed E-state index contributed by atoms with van der Waals surface area (Å²) in [5, 5.41) is 0. The maximum atomic E-state index is 5.53. The fourth-order valence-electron chi connectivity index (χ4n) is 1.76. The summed E-state index contributed by atoms with van der Waals surface area (Å²) in [6.45, 7) is 8.30. The van der Waals surface area contributed by atoms with Crippen molar-refractivity contribution in [2.24, 2.45) is 0 Å². The van der Waals surface area contributed by atoms with Gasteiger partial charge in [-0.05, 0) is 37.5 Å². The van der Waals surface area contributed by atoms with Gasteiger partial charge in [0.05, 0.1) is 28.3 Å². The topological polar surface area (TPSA) is 25.8 Å². The average molecular weight is 238 g/mol. The van der Waals surface area contributed by atoms with Gasteiger partial charge in [-0.15, -0.1) is 6.42 Å². The first-order chi connectivity index (χ1) is 8.44. The van der Waals surface area contributed by atoms with Gasteiger partial charge in [0.15, 0.2) is 0 Å². The zero-order chi connectivity index (χ0) is 13.3. The van der Waals surface area contributed by atoms with E-state index in [0.717, 1.165) is 16.7 Å². The molecule has 1 aromatic carbocycles. The van der Waals surface area contributed by atoms with Crippen LogP contribution in [0, 0.1) is 12.3 Å². The third kappa shape index (κ3) is 2.22. The van der Waals surface area contributed by atoms with Crippen LogP contribution in [0.5, 0.6) is 0 Å². The third-order valence-electron chi connectivity index (χ3n) is 3.23. The predicted octanol–water partition coefficient (Wildman–Crippen LogP) is 3.66. The number of fused-ring (bicyclic) bond motifs is 1. The zero-order valence-electron chi connectivity index (χ0n) is 11.4. The molecule has 0 aliphatic rings. The molecule has 0 amide bonds. The van der Waals surface area contributed by atoms with Gasteiger partial charge in [-0.3, -0.25) is 4.98 Å². The van der Waals surface area contributed by atoms with E-state index in [0.29, 0.717) is 5.92 Å². The van der Waals surface area contributed by atoms with E-state index < -0.39 is 0 Å². The van der Waals surface area contributed by atoms with E-state index in [1.54, 1.807) is 6.20 Å². The van der Waals surface area contributed by atoms with E-state index in [9.17, 15) is 0 Å². The van der Waals surface area contributed by atoms with Crippen molar-refractivity contribution in [3.63, 3.8) is 0 Å². The maximum absolute atomic E-state index is 5.53. The number of nitrogens with zero attached hydrogens (tertiary/aromatic N) is 2. The molecule has 1 heterocycles. The highest BCUT2D eigenvalue weighted by molar-refractivity contribution is 5.75. The first-order valence-corrected chi connectivity index (χ1v) is 6.19. The Balaban J connectivity index is 2.55. The molecular weight excluding hydrogens is 220 g/mol. The van der Waals surface area contributed by atoms with Crippen molar-refractivity contribution in [2.75, 3.05) is 0 Å². The van der Waals surface area contributed by atoms with Gasteiger partial charge >= 0.3 is 0 Å². The molecule has 2 nitrogen and oxygen atoms in total. The number of hydrogen-bond donors (Lipinski definition) is 0. The normalized spacial score (nSPS) is 11.8. The Bertz CT molecular complexity index is 619. The Morgan fingerprint density at radius 3 is 2.56 bits per heavy atom. The minimum Gasteiger partial charge on any atom is -0.253 e. The van der Waals surface area contributed by atoms with Crippen LogP contribution in [0.1, 0.15) is 44.9 Å². The van der Waals surface area contributed by atoms with Crippen LogP contribution in [0.4, 0.5) is 0 Å². The molecule has 2 rings (SSSR count). The molecule has 0 N–H and O–H groups in total. The molecule has 18 heavy (non-hydrogen) atoms. The molecule has 0 bridgehead atoms. The molecule has 2 aromatic rings. The van der Waals surface area contributed by atoms with E-state index in [2.05, 4.69) is 41.9 Å². The minimum absolute atomic E-state index is 0.377. The lowest BCUT2D eigenvalue weighted by molar-refractivity contribution is 0.670. The monoisotopic (exact) mass is 238 g/mol. The van der Waals surface area contributed by atoms with Gasteiger partial charge in [-0.2, -0.15) is 0 Å². The lowest BCUT2D eigenvalue weighted by Gasteiger charge is -2.16. The van der Waals surface area contributed by atoms with Crippen LogP contribution in [0.15, 0.2) is 24.4 Å². The van der Waals surface area contributed by atoms with Crippen LogP contribution in [-0.2, 0) is 5.41 Å². The molecule has 0 aliphatic heterocycles. The van der Waals surface area contributed by atoms with Crippen molar-refractivity contribution in [1.29, 1.82) is 0 Å². The zero-order valence-corrected chi connectivity index (χ0v) is 11.4. The SMILES string of the molecule is C#CC(C)(C)c1cnc2cc(C(C)C)ccc2n1. The third-order valence-corrected chi connectivity index (χ3v) is 3.23. The molecule has 0 atom stereocenters. The molecule has 0 fully saturated rings. The quantitative estimate of drug-likeness (QED) is 0.746. The Morgan fingerprint density at radius 1 is 1.22 bits per heavy atom. The van der Waals surface area contributed by atoms with Gasteiger partial charge in [0.1, 0.15) is 0 Å². The van der Waals surface area contributed by atoms with Crippen molar-refractivity contribution < 1.29 is 0 Å². The fourth-order valence-corrected chi connectivity index (χ4v) is 1.76. The number of hydrogen-bond acceptors (Lipinski definition) is 2. The van der Waals surface area contributed by atoms with Crippen molar-refractivity contribution in [3.8, 4) is 12.3 Å². The van der Waals surface area contributed by atoms with Crippen LogP contribution in [0.2, 0.25) is 0 Å². The number of terminal acetylenes is 1. The summed E-state index contributed by atoms with van der Waals surface area (Å²) in [5.74, 6) is 3.25. The van der Waals surface area contributed by atoms with Crippen LogP contribution in [0.3, 0.4) is 0 Å². The maximum Gasteiger partial charge on any atom is 0.0891 e. The molecule has 0 spiro atoms.